The zero-order valence-electron chi connectivity index (χ0n) is 14.1. The number of nitrogens with zero attached hydrogens (tertiary/aromatic N) is 3. The molecule has 0 aromatic carbocycles. The van der Waals surface area contributed by atoms with E-state index in [4.69, 9.17) is 11.6 Å². The SMILES string of the molecule is Cn1cc(CN(C(=O)c2cc(Cl)c[nH]2)C2CCNC2)c(=O)n(C)c1=O. The molecule has 9 heteroatoms. The summed E-state index contributed by atoms with van der Waals surface area (Å²) in [6.07, 6.45) is 3.84. The molecule has 3 heterocycles. The second-order valence-corrected chi connectivity index (χ2v) is 6.66. The molecule has 0 bridgehead atoms. The molecular weight excluding hydrogens is 346 g/mol. The third-order valence-corrected chi connectivity index (χ3v) is 4.69. The number of hydrogen-bond acceptors (Lipinski definition) is 4. The summed E-state index contributed by atoms with van der Waals surface area (Å²) in [5, 5.41) is 3.68. The van der Waals surface area contributed by atoms with Crippen molar-refractivity contribution >= 4 is 17.5 Å². The van der Waals surface area contributed by atoms with E-state index < -0.39 is 11.2 Å². The van der Waals surface area contributed by atoms with Crippen LogP contribution in [-0.4, -0.2) is 44.1 Å². The first kappa shape index (κ1) is 17.5. The van der Waals surface area contributed by atoms with Crippen LogP contribution in [0.25, 0.3) is 0 Å². The molecule has 1 aliphatic heterocycles. The maximum absolute atomic E-state index is 12.9. The van der Waals surface area contributed by atoms with Gasteiger partial charge < -0.3 is 19.8 Å². The van der Waals surface area contributed by atoms with Crippen LogP contribution < -0.4 is 16.6 Å². The molecule has 2 aromatic heterocycles. The lowest BCUT2D eigenvalue weighted by atomic mass is 10.1. The summed E-state index contributed by atoms with van der Waals surface area (Å²) in [7, 11) is 3.02. The van der Waals surface area contributed by atoms with E-state index in [1.165, 1.54) is 17.8 Å². The summed E-state index contributed by atoms with van der Waals surface area (Å²) in [5.74, 6) is -0.225. The van der Waals surface area contributed by atoms with Crippen LogP contribution in [0, 0.1) is 0 Å². The predicted molar refractivity (Wildman–Crippen MR) is 93.9 cm³/mol. The second kappa shape index (κ2) is 6.89. The second-order valence-electron chi connectivity index (χ2n) is 6.22. The molecule has 2 N–H and O–H groups in total. The lowest BCUT2D eigenvalue weighted by Gasteiger charge is -2.28. The van der Waals surface area contributed by atoms with Crippen molar-refractivity contribution in [3.8, 4) is 0 Å². The van der Waals surface area contributed by atoms with Crippen molar-refractivity contribution in [2.75, 3.05) is 13.1 Å². The van der Waals surface area contributed by atoms with E-state index >= 15 is 0 Å². The number of nitrogens with one attached hydrogen (secondary N) is 2. The van der Waals surface area contributed by atoms with E-state index in [9.17, 15) is 14.4 Å². The van der Waals surface area contributed by atoms with Crippen molar-refractivity contribution in [2.24, 2.45) is 14.1 Å². The van der Waals surface area contributed by atoms with Gasteiger partial charge >= 0.3 is 5.69 Å². The number of aromatic nitrogens is 3. The van der Waals surface area contributed by atoms with Gasteiger partial charge in [0.05, 0.1) is 17.1 Å². The number of halogens is 1. The number of carbonyl (C=O) groups is 1. The van der Waals surface area contributed by atoms with Crippen molar-refractivity contribution in [3.05, 3.63) is 55.6 Å². The maximum atomic E-state index is 12.9. The van der Waals surface area contributed by atoms with Gasteiger partial charge in [-0.05, 0) is 19.0 Å². The minimum absolute atomic E-state index is 0.0310. The quantitative estimate of drug-likeness (QED) is 0.802. The zero-order valence-corrected chi connectivity index (χ0v) is 14.8. The van der Waals surface area contributed by atoms with Crippen LogP contribution in [-0.2, 0) is 20.6 Å². The fourth-order valence-corrected chi connectivity index (χ4v) is 3.26. The Bertz CT molecular complexity index is 907. The highest BCUT2D eigenvalue weighted by molar-refractivity contribution is 6.30. The maximum Gasteiger partial charge on any atom is 0.330 e. The molecular formula is C16H20ClN5O3. The number of rotatable bonds is 4. The lowest BCUT2D eigenvalue weighted by Crippen LogP contribution is -2.45. The third kappa shape index (κ3) is 3.40. The highest BCUT2D eigenvalue weighted by Crippen LogP contribution is 2.17. The summed E-state index contributed by atoms with van der Waals surface area (Å²) in [6, 6.07) is 1.54. The Hall–Kier alpha value is -2.32. The molecule has 0 saturated carbocycles. The molecule has 1 saturated heterocycles. The van der Waals surface area contributed by atoms with Crippen LogP contribution in [0.15, 0.2) is 28.0 Å². The van der Waals surface area contributed by atoms with Gasteiger partial charge in [0.2, 0.25) is 0 Å². The van der Waals surface area contributed by atoms with Crippen molar-refractivity contribution in [1.82, 2.24) is 24.3 Å². The molecule has 0 radical (unpaired) electrons. The van der Waals surface area contributed by atoms with E-state index in [0.717, 1.165) is 17.5 Å². The molecule has 134 valence electrons. The number of H-pyrrole nitrogens is 1. The van der Waals surface area contributed by atoms with Gasteiger partial charge in [-0.15, -0.1) is 0 Å². The molecule has 1 aliphatic rings. The monoisotopic (exact) mass is 365 g/mol. The molecule has 1 unspecified atom stereocenters. The van der Waals surface area contributed by atoms with Crippen LogP contribution >= 0.6 is 11.6 Å². The Morgan fingerprint density at radius 2 is 2.16 bits per heavy atom. The summed E-state index contributed by atoms with van der Waals surface area (Å²) in [6.45, 7) is 1.60. The summed E-state index contributed by atoms with van der Waals surface area (Å²) < 4.78 is 2.40. The molecule has 8 nitrogen and oxygen atoms in total. The molecule has 25 heavy (non-hydrogen) atoms. The molecule has 1 atom stereocenters. The van der Waals surface area contributed by atoms with Gasteiger partial charge in [-0.1, -0.05) is 11.6 Å². The van der Waals surface area contributed by atoms with Gasteiger partial charge in [0.25, 0.3) is 11.5 Å². The largest absolute Gasteiger partial charge is 0.356 e. The average Bonchev–Trinajstić information content (AvgIpc) is 3.26. The van der Waals surface area contributed by atoms with Crippen molar-refractivity contribution < 1.29 is 4.79 Å². The first-order valence-corrected chi connectivity index (χ1v) is 8.37. The van der Waals surface area contributed by atoms with Crippen LogP contribution in [0.2, 0.25) is 5.02 Å². The summed E-state index contributed by atoms with van der Waals surface area (Å²) in [4.78, 5) is 41.7. The van der Waals surface area contributed by atoms with Crippen molar-refractivity contribution in [3.63, 3.8) is 0 Å². The number of aromatic amines is 1. The average molecular weight is 366 g/mol. The van der Waals surface area contributed by atoms with Crippen LogP contribution in [0.1, 0.15) is 22.5 Å². The van der Waals surface area contributed by atoms with Crippen LogP contribution in [0.4, 0.5) is 0 Å². The Labute approximate surface area is 149 Å². The molecule has 1 amide bonds. The van der Waals surface area contributed by atoms with Gasteiger partial charge in [0.15, 0.2) is 0 Å². The first-order valence-electron chi connectivity index (χ1n) is 7.99. The Morgan fingerprint density at radius 3 is 2.76 bits per heavy atom. The fraction of sp³-hybridized carbons (Fsp3) is 0.438. The minimum Gasteiger partial charge on any atom is -0.356 e. The number of aryl methyl sites for hydroxylation is 1. The zero-order chi connectivity index (χ0) is 18.1. The number of amides is 1. The summed E-state index contributed by atoms with van der Waals surface area (Å²) >= 11 is 5.91. The molecule has 1 fully saturated rings. The minimum atomic E-state index is -0.398. The number of carbonyl (C=O) groups excluding carboxylic acids is 1. The smallest absolute Gasteiger partial charge is 0.330 e. The molecule has 0 aliphatic carbocycles. The van der Waals surface area contributed by atoms with E-state index in [0.29, 0.717) is 22.8 Å². The van der Waals surface area contributed by atoms with E-state index in [1.807, 2.05) is 0 Å². The van der Waals surface area contributed by atoms with Gasteiger partial charge in [-0.3, -0.25) is 14.2 Å². The van der Waals surface area contributed by atoms with E-state index in [2.05, 4.69) is 10.3 Å². The lowest BCUT2D eigenvalue weighted by molar-refractivity contribution is 0.0669. The van der Waals surface area contributed by atoms with E-state index in [-0.39, 0.29) is 18.5 Å². The Kier molecular flexibility index (Phi) is 4.82. The Balaban J connectivity index is 1.97. The van der Waals surface area contributed by atoms with Crippen LogP contribution in [0.3, 0.4) is 0 Å². The van der Waals surface area contributed by atoms with E-state index in [1.54, 1.807) is 24.2 Å². The number of hydrogen-bond donors (Lipinski definition) is 2. The standard InChI is InChI=1S/C16H20ClN5O3/c1-20-8-10(14(23)21(2)16(20)25)9-22(12-3-4-18-7-12)15(24)13-5-11(17)6-19-13/h5-6,8,12,18-19H,3-4,7,9H2,1-2H3. The van der Waals surface area contributed by atoms with Gasteiger partial charge in [-0.2, -0.15) is 0 Å². The molecule has 2 aromatic rings. The highest BCUT2D eigenvalue weighted by atomic mass is 35.5. The first-order chi connectivity index (χ1) is 11.9. The van der Waals surface area contributed by atoms with Crippen molar-refractivity contribution in [1.29, 1.82) is 0 Å². The van der Waals surface area contributed by atoms with Crippen molar-refractivity contribution in [2.45, 2.75) is 19.0 Å². The third-order valence-electron chi connectivity index (χ3n) is 4.47. The predicted octanol–water partition coefficient (Wildman–Crippen LogP) is 0.0698. The molecule has 3 rings (SSSR count). The highest BCUT2D eigenvalue weighted by Gasteiger charge is 2.29. The van der Waals surface area contributed by atoms with Crippen LogP contribution in [0.5, 0.6) is 0 Å². The van der Waals surface area contributed by atoms with Gasteiger partial charge in [0.1, 0.15) is 5.69 Å². The normalized spacial score (nSPS) is 17.0. The summed E-state index contributed by atoms with van der Waals surface area (Å²) in [5.41, 5.74) is -0.0252. The topological polar surface area (TPSA) is 92.1 Å². The Morgan fingerprint density at radius 1 is 1.40 bits per heavy atom. The fourth-order valence-electron chi connectivity index (χ4n) is 3.09. The molecule has 0 spiro atoms. The van der Waals surface area contributed by atoms with Gasteiger partial charge in [0, 0.05) is 39.1 Å². The van der Waals surface area contributed by atoms with Gasteiger partial charge in [-0.25, -0.2) is 4.79 Å².